The van der Waals surface area contributed by atoms with Crippen LogP contribution in [0, 0.1) is 0 Å². The molecule has 0 radical (unpaired) electrons. The molecule has 0 spiro atoms. The molecule has 0 saturated heterocycles. The molecule has 0 N–H and O–H groups in total. The number of anilines is 1. The van der Waals surface area contributed by atoms with Crippen LogP contribution in [0.25, 0.3) is 0 Å². The number of hydrogen-bond donors (Lipinski definition) is 0. The van der Waals surface area contributed by atoms with Crippen molar-refractivity contribution in [3.63, 3.8) is 0 Å². The summed E-state index contributed by atoms with van der Waals surface area (Å²) in [4.78, 5) is 30.6. The molecule has 1 heterocycles. The summed E-state index contributed by atoms with van der Waals surface area (Å²) in [5.41, 5.74) is 1.46. The zero-order valence-corrected chi connectivity index (χ0v) is 16.9. The summed E-state index contributed by atoms with van der Waals surface area (Å²) in [6, 6.07) is 5.72. The van der Waals surface area contributed by atoms with Gasteiger partial charge in [-0.25, -0.2) is 0 Å². The molecular formula is C20H31N3O3. The van der Waals surface area contributed by atoms with Crippen molar-refractivity contribution in [3.8, 4) is 5.75 Å². The fourth-order valence-corrected chi connectivity index (χ4v) is 3.48. The minimum atomic E-state index is -0.0558. The molecule has 6 heteroatoms. The highest BCUT2D eigenvalue weighted by molar-refractivity contribution is 5.95. The van der Waals surface area contributed by atoms with E-state index >= 15 is 0 Å². The molecular weight excluding hydrogens is 330 g/mol. The van der Waals surface area contributed by atoms with Crippen LogP contribution in [0.3, 0.4) is 0 Å². The van der Waals surface area contributed by atoms with Crippen molar-refractivity contribution in [2.75, 3.05) is 32.6 Å². The first kappa shape index (κ1) is 20.1. The smallest absolute Gasteiger partial charge is 0.253 e. The van der Waals surface area contributed by atoms with Gasteiger partial charge in [-0.05, 0) is 45.9 Å². The largest absolute Gasteiger partial charge is 0.489 e. The van der Waals surface area contributed by atoms with E-state index in [1.165, 1.54) is 0 Å². The third kappa shape index (κ3) is 4.11. The van der Waals surface area contributed by atoms with Crippen LogP contribution in [-0.2, 0) is 4.79 Å². The van der Waals surface area contributed by atoms with E-state index in [4.69, 9.17) is 4.74 Å². The Balaban J connectivity index is 2.20. The Labute approximate surface area is 156 Å². The van der Waals surface area contributed by atoms with Gasteiger partial charge in [0, 0.05) is 38.8 Å². The summed E-state index contributed by atoms with van der Waals surface area (Å²) < 4.78 is 5.87. The third-order valence-corrected chi connectivity index (χ3v) is 4.78. The maximum absolute atomic E-state index is 12.8. The number of carbonyl (C=O) groups excluding carboxylic acids is 2. The van der Waals surface area contributed by atoms with Crippen molar-refractivity contribution >= 4 is 17.5 Å². The van der Waals surface area contributed by atoms with Gasteiger partial charge in [0.2, 0.25) is 5.91 Å². The number of nitrogens with zero attached hydrogens (tertiary/aromatic N) is 3. The Kier molecular flexibility index (Phi) is 6.16. The molecule has 0 fully saturated rings. The average Bonchev–Trinajstić information content (AvgIpc) is 2.55. The van der Waals surface area contributed by atoms with Gasteiger partial charge in [0.15, 0.2) is 0 Å². The van der Waals surface area contributed by atoms with Crippen LogP contribution in [0.1, 0.15) is 44.5 Å². The lowest BCUT2D eigenvalue weighted by Gasteiger charge is -2.38. The van der Waals surface area contributed by atoms with E-state index in [1.54, 1.807) is 25.1 Å². The molecule has 1 aromatic carbocycles. The lowest BCUT2D eigenvalue weighted by molar-refractivity contribution is -0.135. The van der Waals surface area contributed by atoms with Crippen LogP contribution in [0.5, 0.6) is 5.75 Å². The molecule has 6 nitrogen and oxygen atoms in total. The van der Waals surface area contributed by atoms with E-state index in [9.17, 15) is 9.59 Å². The quantitative estimate of drug-likeness (QED) is 0.809. The highest BCUT2D eigenvalue weighted by Gasteiger charge is 2.30. The molecule has 0 aromatic heterocycles. The Morgan fingerprint density at radius 2 is 1.81 bits per heavy atom. The molecule has 1 aromatic rings. The predicted octanol–water partition coefficient (Wildman–Crippen LogP) is 2.62. The molecule has 0 saturated carbocycles. The number of carbonyl (C=O) groups is 2. The van der Waals surface area contributed by atoms with Crippen molar-refractivity contribution in [2.45, 2.75) is 52.2 Å². The summed E-state index contributed by atoms with van der Waals surface area (Å²) in [6.45, 7) is 8.60. The van der Waals surface area contributed by atoms with Gasteiger partial charge in [-0.2, -0.15) is 0 Å². The van der Waals surface area contributed by atoms with Crippen molar-refractivity contribution in [3.05, 3.63) is 23.8 Å². The normalized spacial score (nSPS) is 16.3. The zero-order chi connectivity index (χ0) is 19.6. The maximum Gasteiger partial charge on any atom is 0.253 e. The summed E-state index contributed by atoms with van der Waals surface area (Å²) in [7, 11) is 5.42. The first-order valence-electron chi connectivity index (χ1n) is 9.16. The van der Waals surface area contributed by atoms with Crippen molar-refractivity contribution in [1.82, 2.24) is 9.80 Å². The van der Waals surface area contributed by atoms with Gasteiger partial charge in [0.05, 0.1) is 18.2 Å². The van der Waals surface area contributed by atoms with Gasteiger partial charge >= 0.3 is 0 Å². The summed E-state index contributed by atoms with van der Waals surface area (Å²) >= 11 is 0. The second-order valence-electron chi connectivity index (χ2n) is 7.65. The Morgan fingerprint density at radius 3 is 2.35 bits per heavy atom. The molecule has 1 unspecified atom stereocenters. The van der Waals surface area contributed by atoms with Crippen LogP contribution < -0.4 is 9.64 Å². The first-order valence-corrected chi connectivity index (χ1v) is 9.16. The average molecular weight is 361 g/mol. The van der Waals surface area contributed by atoms with Gasteiger partial charge in [-0.3, -0.25) is 9.59 Å². The number of rotatable bonds is 5. The molecule has 1 atom stereocenters. The Hall–Kier alpha value is -2.24. The fraction of sp³-hybridized carbons (Fsp3) is 0.600. The molecule has 2 rings (SSSR count). The van der Waals surface area contributed by atoms with Crippen molar-refractivity contribution < 1.29 is 14.3 Å². The Morgan fingerprint density at radius 1 is 1.19 bits per heavy atom. The van der Waals surface area contributed by atoms with Gasteiger partial charge in [-0.1, -0.05) is 0 Å². The van der Waals surface area contributed by atoms with Crippen molar-refractivity contribution in [2.24, 2.45) is 0 Å². The zero-order valence-electron chi connectivity index (χ0n) is 16.9. The second kappa shape index (κ2) is 7.98. The van der Waals surface area contributed by atoms with Crippen molar-refractivity contribution in [1.29, 1.82) is 0 Å². The summed E-state index contributed by atoms with van der Waals surface area (Å²) in [5, 5.41) is 0. The number of fused-ring (bicyclic) bond motifs is 1. The predicted molar refractivity (Wildman–Crippen MR) is 104 cm³/mol. The van der Waals surface area contributed by atoms with E-state index in [0.717, 1.165) is 11.4 Å². The highest BCUT2D eigenvalue weighted by Crippen LogP contribution is 2.35. The van der Waals surface area contributed by atoms with Gasteiger partial charge in [0.1, 0.15) is 12.4 Å². The molecule has 26 heavy (non-hydrogen) atoms. The van der Waals surface area contributed by atoms with E-state index < -0.39 is 0 Å². The van der Waals surface area contributed by atoms with E-state index in [2.05, 4.69) is 4.90 Å². The van der Waals surface area contributed by atoms with Gasteiger partial charge in [0.25, 0.3) is 5.91 Å². The van der Waals surface area contributed by atoms with E-state index in [-0.39, 0.29) is 29.9 Å². The number of hydrogen-bond acceptors (Lipinski definition) is 4. The summed E-state index contributed by atoms with van der Waals surface area (Å²) in [5.74, 6) is 0.820. The number of benzene rings is 1. The second-order valence-corrected chi connectivity index (χ2v) is 7.65. The highest BCUT2D eigenvalue weighted by atomic mass is 16.5. The fourth-order valence-electron chi connectivity index (χ4n) is 3.48. The number of ether oxygens (including phenoxy) is 1. The lowest BCUT2D eigenvalue weighted by atomic mass is 10.1. The van der Waals surface area contributed by atoms with Crippen LogP contribution in [0.4, 0.5) is 5.69 Å². The Bertz CT molecular complexity index is 662. The van der Waals surface area contributed by atoms with E-state index in [1.807, 2.05) is 51.8 Å². The first-order chi connectivity index (χ1) is 12.1. The molecule has 0 bridgehead atoms. The van der Waals surface area contributed by atoms with Gasteiger partial charge in [-0.15, -0.1) is 0 Å². The molecule has 1 aliphatic heterocycles. The molecule has 1 aliphatic rings. The minimum absolute atomic E-state index is 0.0507. The maximum atomic E-state index is 12.8. The molecule has 144 valence electrons. The monoisotopic (exact) mass is 361 g/mol. The van der Waals surface area contributed by atoms with Crippen LogP contribution in [0.15, 0.2) is 18.2 Å². The standard InChI is InChI=1S/C20H31N3O3/c1-13(2)23(14(3)4)19(24)11-16-12-26-18-9-8-15(20(25)21(5)6)10-17(18)22(16)7/h8-10,13-14,16H,11-12H2,1-7H3. The SMILES string of the molecule is CC(C)N(C(=O)CC1COc2ccc(C(=O)N(C)C)cc2N1C)C(C)C. The number of amides is 2. The molecule has 2 amide bonds. The lowest BCUT2D eigenvalue weighted by Crippen LogP contribution is -2.48. The van der Waals surface area contributed by atoms with E-state index in [0.29, 0.717) is 18.6 Å². The third-order valence-electron chi connectivity index (χ3n) is 4.78. The summed E-state index contributed by atoms with van der Waals surface area (Å²) in [6.07, 6.45) is 0.387. The van der Waals surface area contributed by atoms with Crippen LogP contribution >= 0.6 is 0 Å². The van der Waals surface area contributed by atoms with Gasteiger partial charge < -0.3 is 19.4 Å². The number of likely N-dealkylation sites (N-methyl/N-ethyl adjacent to an activating group) is 1. The molecule has 0 aliphatic carbocycles. The topological polar surface area (TPSA) is 53.1 Å². The van der Waals surface area contributed by atoms with Crippen LogP contribution in [0.2, 0.25) is 0 Å². The minimum Gasteiger partial charge on any atom is -0.489 e. The van der Waals surface area contributed by atoms with Crippen LogP contribution in [-0.4, -0.2) is 67.5 Å².